The summed E-state index contributed by atoms with van der Waals surface area (Å²) in [5, 5.41) is 10.8. The van der Waals surface area contributed by atoms with Gasteiger partial charge in [0.15, 0.2) is 0 Å². The third kappa shape index (κ3) is 3.54. The Morgan fingerprint density at radius 1 is 1.08 bits per heavy atom. The summed E-state index contributed by atoms with van der Waals surface area (Å²) < 4.78 is 13.0. The fraction of sp³-hybridized carbons (Fsp3) is 0.250. The molecule has 1 aromatic heterocycles. The highest BCUT2D eigenvalue weighted by Crippen LogP contribution is 2.24. The number of aromatic amines is 1. The zero-order valence-corrected chi connectivity index (χ0v) is 14.2. The first-order valence-electron chi connectivity index (χ1n) is 8.13. The van der Waals surface area contributed by atoms with E-state index in [9.17, 15) is 4.39 Å². The molecule has 0 radical (unpaired) electrons. The van der Waals surface area contributed by atoms with Gasteiger partial charge in [0, 0.05) is 23.7 Å². The Labute approximate surface area is 141 Å². The third-order valence-corrected chi connectivity index (χ3v) is 4.48. The van der Waals surface area contributed by atoms with Crippen LogP contribution in [-0.2, 0) is 6.54 Å². The maximum Gasteiger partial charge on any atom is 0.123 e. The highest BCUT2D eigenvalue weighted by molar-refractivity contribution is 5.64. The molecule has 0 aliphatic heterocycles. The molecule has 0 aliphatic carbocycles. The van der Waals surface area contributed by atoms with Crippen molar-refractivity contribution in [3.63, 3.8) is 0 Å². The summed E-state index contributed by atoms with van der Waals surface area (Å²) in [5.74, 6) is -0.210. The van der Waals surface area contributed by atoms with Crippen molar-refractivity contribution in [3.05, 3.63) is 76.7 Å². The highest BCUT2D eigenvalue weighted by Gasteiger charge is 2.11. The summed E-state index contributed by atoms with van der Waals surface area (Å²) in [5.41, 5.74) is 6.90. The van der Waals surface area contributed by atoms with Crippen LogP contribution in [0.15, 0.2) is 48.7 Å². The molecule has 0 saturated carbocycles. The molecule has 0 fully saturated rings. The van der Waals surface area contributed by atoms with Crippen LogP contribution in [0.1, 0.15) is 35.2 Å². The number of rotatable bonds is 5. The molecule has 4 heteroatoms. The molecular weight excluding hydrogens is 301 g/mol. The van der Waals surface area contributed by atoms with E-state index < -0.39 is 0 Å². The number of hydrogen-bond acceptors (Lipinski definition) is 2. The fourth-order valence-electron chi connectivity index (χ4n) is 2.72. The van der Waals surface area contributed by atoms with Crippen molar-refractivity contribution in [1.29, 1.82) is 0 Å². The molecule has 2 N–H and O–H groups in total. The zero-order valence-electron chi connectivity index (χ0n) is 14.2. The first-order valence-corrected chi connectivity index (χ1v) is 8.13. The molecule has 3 nitrogen and oxygen atoms in total. The van der Waals surface area contributed by atoms with Crippen molar-refractivity contribution in [1.82, 2.24) is 15.5 Å². The Morgan fingerprint density at radius 3 is 2.54 bits per heavy atom. The van der Waals surface area contributed by atoms with Crippen molar-refractivity contribution in [2.45, 2.75) is 33.4 Å². The number of aryl methyl sites for hydroxylation is 2. The Balaban J connectivity index is 1.73. The lowest BCUT2D eigenvalue weighted by atomic mass is 10.0. The summed E-state index contributed by atoms with van der Waals surface area (Å²) in [6.07, 6.45) is 1.86. The smallest absolute Gasteiger partial charge is 0.123 e. The van der Waals surface area contributed by atoms with E-state index in [0.29, 0.717) is 6.54 Å². The third-order valence-electron chi connectivity index (χ3n) is 4.48. The number of hydrogen-bond donors (Lipinski definition) is 2. The van der Waals surface area contributed by atoms with Crippen molar-refractivity contribution in [2.75, 3.05) is 0 Å². The van der Waals surface area contributed by atoms with Gasteiger partial charge in [-0.05, 0) is 55.7 Å². The van der Waals surface area contributed by atoms with E-state index >= 15 is 0 Å². The van der Waals surface area contributed by atoms with Crippen LogP contribution in [0.2, 0.25) is 0 Å². The second-order valence-electron chi connectivity index (χ2n) is 6.22. The van der Waals surface area contributed by atoms with Crippen LogP contribution in [0.25, 0.3) is 11.3 Å². The first-order chi connectivity index (χ1) is 11.5. The highest BCUT2D eigenvalue weighted by atomic mass is 19.1. The summed E-state index contributed by atoms with van der Waals surface area (Å²) in [6.45, 7) is 6.99. The molecular formula is C20H22FN3. The van der Waals surface area contributed by atoms with Crippen LogP contribution >= 0.6 is 0 Å². The minimum absolute atomic E-state index is 0.133. The first kappa shape index (κ1) is 16.4. The quantitative estimate of drug-likeness (QED) is 0.715. The normalized spacial score (nSPS) is 12.3. The number of aromatic nitrogens is 2. The van der Waals surface area contributed by atoms with Gasteiger partial charge in [-0.2, -0.15) is 5.10 Å². The van der Waals surface area contributed by atoms with Gasteiger partial charge in [0.25, 0.3) is 0 Å². The van der Waals surface area contributed by atoms with Gasteiger partial charge in [-0.15, -0.1) is 0 Å². The Kier molecular flexibility index (Phi) is 4.76. The average molecular weight is 323 g/mol. The Bertz CT molecular complexity index is 821. The van der Waals surface area contributed by atoms with Crippen molar-refractivity contribution in [3.8, 4) is 11.3 Å². The standard InChI is InChI=1S/C20H22FN3/c1-13-4-5-17(10-14(13)2)20-18(12-23-24-20)11-22-15(3)16-6-8-19(21)9-7-16/h4-10,12,15,22H,11H2,1-3H3,(H,23,24)/t15-/m1/s1. The van der Waals surface area contributed by atoms with Crippen molar-refractivity contribution < 1.29 is 4.39 Å². The molecule has 0 amide bonds. The molecule has 0 aliphatic rings. The maximum absolute atomic E-state index is 13.0. The molecule has 3 rings (SSSR count). The van der Waals surface area contributed by atoms with Gasteiger partial charge in [0.05, 0.1) is 11.9 Å². The predicted octanol–water partition coefficient (Wildman–Crippen LogP) is 4.68. The minimum Gasteiger partial charge on any atom is -0.306 e. The number of halogens is 1. The van der Waals surface area contributed by atoms with Crippen LogP contribution in [0.3, 0.4) is 0 Å². The summed E-state index contributed by atoms with van der Waals surface area (Å²) in [6, 6.07) is 13.2. The largest absolute Gasteiger partial charge is 0.306 e. The average Bonchev–Trinajstić information content (AvgIpc) is 3.04. The van der Waals surface area contributed by atoms with Gasteiger partial charge >= 0.3 is 0 Å². The van der Waals surface area contributed by atoms with Gasteiger partial charge in [0.2, 0.25) is 0 Å². The number of benzene rings is 2. The maximum atomic E-state index is 13.0. The molecule has 2 aromatic carbocycles. The molecule has 0 bridgehead atoms. The molecule has 1 heterocycles. The van der Waals surface area contributed by atoms with E-state index in [1.165, 1.54) is 23.3 Å². The second-order valence-corrected chi connectivity index (χ2v) is 6.22. The van der Waals surface area contributed by atoms with Crippen LogP contribution in [-0.4, -0.2) is 10.2 Å². The molecule has 1 atom stereocenters. The van der Waals surface area contributed by atoms with Gasteiger partial charge < -0.3 is 5.32 Å². The lowest BCUT2D eigenvalue weighted by Gasteiger charge is -2.14. The number of H-pyrrole nitrogens is 1. The molecule has 24 heavy (non-hydrogen) atoms. The predicted molar refractivity (Wildman–Crippen MR) is 95.2 cm³/mol. The van der Waals surface area contributed by atoms with Gasteiger partial charge in [-0.1, -0.05) is 24.3 Å². The van der Waals surface area contributed by atoms with Crippen LogP contribution in [0, 0.1) is 19.7 Å². The number of nitrogens with zero attached hydrogens (tertiary/aromatic N) is 1. The molecule has 0 spiro atoms. The minimum atomic E-state index is -0.210. The molecule has 0 unspecified atom stereocenters. The van der Waals surface area contributed by atoms with Crippen LogP contribution in [0.4, 0.5) is 4.39 Å². The second kappa shape index (κ2) is 6.97. The van der Waals surface area contributed by atoms with E-state index in [1.807, 2.05) is 18.3 Å². The Morgan fingerprint density at radius 2 is 1.83 bits per heavy atom. The lowest BCUT2D eigenvalue weighted by Crippen LogP contribution is -2.18. The number of nitrogens with one attached hydrogen (secondary N) is 2. The van der Waals surface area contributed by atoms with Crippen molar-refractivity contribution in [2.24, 2.45) is 0 Å². The summed E-state index contributed by atoms with van der Waals surface area (Å²) in [4.78, 5) is 0. The molecule has 124 valence electrons. The summed E-state index contributed by atoms with van der Waals surface area (Å²) in [7, 11) is 0. The van der Waals surface area contributed by atoms with E-state index in [-0.39, 0.29) is 11.9 Å². The van der Waals surface area contributed by atoms with Gasteiger partial charge in [0.1, 0.15) is 5.82 Å². The van der Waals surface area contributed by atoms with Crippen LogP contribution < -0.4 is 5.32 Å². The van der Waals surface area contributed by atoms with Gasteiger partial charge in [-0.25, -0.2) is 4.39 Å². The molecule has 3 aromatic rings. The van der Waals surface area contributed by atoms with Crippen molar-refractivity contribution >= 4 is 0 Å². The lowest BCUT2D eigenvalue weighted by molar-refractivity contribution is 0.571. The van der Waals surface area contributed by atoms with E-state index in [1.54, 1.807) is 0 Å². The van der Waals surface area contributed by atoms with Crippen LogP contribution in [0.5, 0.6) is 0 Å². The molecule has 0 saturated heterocycles. The SMILES string of the molecule is Cc1ccc(-c2[nH]ncc2CN[C@H](C)c2ccc(F)cc2)cc1C. The topological polar surface area (TPSA) is 40.7 Å². The van der Waals surface area contributed by atoms with E-state index in [4.69, 9.17) is 0 Å². The zero-order chi connectivity index (χ0) is 17.1. The van der Waals surface area contributed by atoms with E-state index in [2.05, 4.69) is 54.5 Å². The summed E-state index contributed by atoms with van der Waals surface area (Å²) >= 11 is 0. The van der Waals surface area contributed by atoms with Gasteiger partial charge in [-0.3, -0.25) is 5.10 Å². The monoisotopic (exact) mass is 323 g/mol. The fourth-order valence-corrected chi connectivity index (χ4v) is 2.72. The van der Waals surface area contributed by atoms with E-state index in [0.717, 1.165) is 22.4 Å². The Hall–Kier alpha value is -2.46.